The molecule has 50 heavy (non-hydrogen) atoms. The molecule has 11 rings (SSSR count). The Hall–Kier alpha value is -6.45. The van der Waals surface area contributed by atoms with Crippen LogP contribution in [0.5, 0.6) is 5.75 Å². The van der Waals surface area contributed by atoms with E-state index in [4.69, 9.17) is 9.72 Å². The van der Waals surface area contributed by atoms with E-state index in [9.17, 15) is 0 Å². The minimum atomic E-state index is -0.172. The number of pyridine rings is 1. The van der Waals surface area contributed by atoms with Gasteiger partial charge in [-0.3, -0.25) is 4.98 Å². The number of aromatic nitrogens is 2. The lowest BCUT2D eigenvalue weighted by atomic mass is 9.82. The second-order valence-electron chi connectivity index (χ2n) is 13.4. The van der Waals surface area contributed by atoms with Crippen LogP contribution in [0.4, 0.5) is 0 Å². The zero-order valence-corrected chi connectivity index (χ0v) is 27.1. The molecule has 2 aliphatic rings. The molecule has 0 radical (unpaired) electrons. The van der Waals surface area contributed by atoms with E-state index in [1.807, 2.05) is 12.3 Å². The number of hydrogen-bond donors (Lipinski definition) is 0. The first-order valence-electron chi connectivity index (χ1n) is 17.3. The molecule has 3 nitrogen and oxygen atoms in total. The summed E-state index contributed by atoms with van der Waals surface area (Å²) in [4.78, 5) is 4.76. The average molecular weight is 639 g/mol. The summed E-state index contributed by atoms with van der Waals surface area (Å²) in [5, 5.41) is 9.88. The maximum atomic E-state index is 7.16. The minimum absolute atomic E-state index is 0.0313. The number of nitrogens with zero attached hydrogens (tertiary/aromatic N) is 2. The lowest BCUT2D eigenvalue weighted by molar-refractivity contribution is 0.280. The smallest absolute Gasteiger partial charge is 0.136 e. The number of allylic oxidation sites excluding steroid dienone is 2. The molecule has 0 N–H and O–H groups in total. The third kappa shape index (κ3) is 3.77. The molecule has 0 spiro atoms. The minimum Gasteiger partial charge on any atom is -0.484 e. The molecule has 234 valence electrons. The molecular weight excluding hydrogens is 609 g/mol. The predicted octanol–water partition coefficient (Wildman–Crippen LogP) is 11.8. The Balaban J connectivity index is 1.31. The van der Waals surface area contributed by atoms with Crippen molar-refractivity contribution < 1.29 is 4.74 Å². The number of fused-ring (bicyclic) bond motifs is 15. The van der Waals surface area contributed by atoms with Crippen molar-refractivity contribution in [2.45, 2.75) is 12.0 Å². The Labute approximate surface area is 289 Å². The van der Waals surface area contributed by atoms with Crippen LogP contribution < -0.4 is 4.74 Å². The molecule has 0 saturated heterocycles. The molecule has 2 aromatic heterocycles. The van der Waals surface area contributed by atoms with Crippen molar-refractivity contribution in [1.82, 2.24) is 9.55 Å². The zero-order chi connectivity index (χ0) is 32.8. The predicted molar refractivity (Wildman–Crippen MR) is 207 cm³/mol. The molecule has 9 aromatic rings. The van der Waals surface area contributed by atoms with Gasteiger partial charge in [-0.05, 0) is 51.6 Å². The summed E-state index contributed by atoms with van der Waals surface area (Å²) in [5.74, 6) is 1.01. The van der Waals surface area contributed by atoms with E-state index < -0.39 is 0 Å². The maximum Gasteiger partial charge on any atom is 0.136 e. The summed E-state index contributed by atoms with van der Waals surface area (Å²) in [6, 6.07) is 52.4. The quantitative estimate of drug-likeness (QED) is 0.180. The van der Waals surface area contributed by atoms with Crippen molar-refractivity contribution >= 4 is 59.7 Å². The maximum absolute atomic E-state index is 7.16. The first-order chi connectivity index (χ1) is 24.8. The average Bonchev–Trinajstić information content (AvgIpc) is 3.76. The third-order valence-corrected chi connectivity index (χ3v) is 10.8. The second kappa shape index (κ2) is 10.5. The Kier molecular flexibility index (Phi) is 5.79. The van der Waals surface area contributed by atoms with Crippen LogP contribution in [0.1, 0.15) is 17.2 Å². The number of ether oxygens (including phenoxy) is 1. The van der Waals surface area contributed by atoms with Crippen LogP contribution in [-0.2, 0) is 0 Å². The molecule has 1 aliphatic heterocycles. The normalized spacial score (nSPS) is 16.6. The molecule has 2 atom stereocenters. The van der Waals surface area contributed by atoms with Crippen molar-refractivity contribution in [3.63, 3.8) is 0 Å². The topological polar surface area (TPSA) is 27.1 Å². The fourth-order valence-corrected chi connectivity index (χ4v) is 8.69. The first-order valence-corrected chi connectivity index (χ1v) is 17.3. The standard InChI is InChI=1S/C47H30N2O/c1-2-13-29(14-3-1)30-24-26-31(27-25-30)49-44-35-18-7-5-16-33(35)32-15-4-6-17-34(32)41(44)43-42-39-22-12-21-38(40-23-10-11-28-48-40)46(39)50-47(42)37-20-9-8-19-36(37)45(43)49/h1-28,39,46H. The van der Waals surface area contributed by atoms with Crippen molar-refractivity contribution in [2.75, 3.05) is 0 Å². The van der Waals surface area contributed by atoms with Crippen LogP contribution in [-0.4, -0.2) is 15.7 Å². The van der Waals surface area contributed by atoms with Crippen molar-refractivity contribution in [2.24, 2.45) is 0 Å². The summed E-state index contributed by atoms with van der Waals surface area (Å²) in [5.41, 5.74) is 9.32. The molecule has 0 bridgehead atoms. The molecule has 0 amide bonds. The van der Waals surface area contributed by atoms with E-state index in [0.717, 1.165) is 28.1 Å². The van der Waals surface area contributed by atoms with Crippen LogP contribution >= 0.6 is 0 Å². The van der Waals surface area contributed by atoms with E-state index in [1.54, 1.807) is 0 Å². The van der Waals surface area contributed by atoms with Gasteiger partial charge in [0, 0.05) is 55.9 Å². The highest BCUT2D eigenvalue weighted by molar-refractivity contribution is 6.35. The Morgan fingerprint density at radius 3 is 1.86 bits per heavy atom. The van der Waals surface area contributed by atoms with Crippen LogP contribution in [0, 0.1) is 0 Å². The van der Waals surface area contributed by atoms with Gasteiger partial charge in [0.1, 0.15) is 11.9 Å². The monoisotopic (exact) mass is 638 g/mol. The third-order valence-electron chi connectivity index (χ3n) is 10.8. The molecule has 1 aliphatic carbocycles. The van der Waals surface area contributed by atoms with Gasteiger partial charge in [0.2, 0.25) is 0 Å². The lowest BCUT2D eigenvalue weighted by Gasteiger charge is -2.22. The van der Waals surface area contributed by atoms with Gasteiger partial charge in [-0.1, -0.05) is 140 Å². The summed E-state index contributed by atoms with van der Waals surface area (Å²) in [7, 11) is 0. The van der Waals surface area contributed by atoms with Crippen molar-refractivity contribution in [3.8, 4) is 22.6 Å². The molecule has 0 fully saturated rings. The van der Waals surface area contributed by atoms with E-state index in [2.05, 4.69) is 162 Å². The van der Waals surface area contributed by atoms with Gasteiger partial charge in [0.15, 0.2) is 0 Å². The summed E-state index contributed by atoms with van der Waals surface area (Å²) >= 11 is 0. The van der Waals surface area contributed by atoms with Gasteiger partial charge in [-0.2, -0.15) is 0 Å². The van der Waals surface area contributed by atoms with Crippen molar-refractivity contribution in [3.05, 3.63) is 181 Å². The van der Waals surface area contributed by atoms with Crippen molar-refractivity contribution in [1.29, 1.82) is 0 Å². The SMILES string of the molecule is C1=CC2c3c(c4ccccc4c4c3c3c5ccccc5c5ccccc5c3n4-c3ccc(-c4ccccc4)cc3)OC2C(c2ccccn2)=C1. The zero-order valence-electron chi connectivity index (χ0n) is 27.1. The van der Waals surface area contributed by atoms with E-state index in [1.165, 1.54) is 65.4 Å². The van der Waals surface area contributed by atoms with Crippen LogP contribution in [0.2, 0.25) is 0 Å². The summed E-state index contributed by atoms with van der Waals surface area (Å²) < 4.78 is 9.69. The Bertz CT molecular complexity index is 2880. The van der Waals surface area contributed by atoms with E-state index in [-0.39, 0.29) is 12.0 Å². The Morgan fingerprint density at radius 2 is 1.12 bits per heavy atom. The molecule has 3 heterocycles. The molecule has 0 saturated carbocycles. The first kappa shape index (κ1) is 27.5. The summed E-state index contributed by atoms with van der Waals surface area (Å²) in [6.07, 6.45) is 8.40. The highest BCUT2D eigenvalue weighted by Crippen LogP contribution is 2.56. The number of rotatable bonds is 3. The largest absolute Gasteiger partial charge is 0.484 e. The fourth-order valence-electron chi connectivity index (χ4n) is 8.69. The van der Waals surface area contributed by atoms with E-state index in [0.29, 0.717) is 0 Å². The fraction of sp³-hybridized carbons (Fsp3) is 0.0426. The highest BCUT2D eigenvalue weighted by Gasteiger charge is 2.41. The second-order valence-corrected chi connectivity index (χ2v) is 13.4. The van der Waals surface area contributed by atoms with Gasteiger partial charge < -0.3 is 9.30 Å². The molecule has 3 heteroatoms. The molecule has 2 unspecified atom stereocenters. The van der Waals surface area contributed by atoms with Crippen LogP contribution in [0.15, 0.2) is 170 Å². The summed E-state index contributed by atoms with van der Waals surface area (Å²) in [6.45, 7) is 0. The lowest BCUT2D eigenvalue weighted by Crippen LogP contribution is -2.22. The molecular formula is C47H30N2O. The van der Waals surface area contributed by atoms with Gasteiger partial charge >= 0.3 is 0 Å². The highest BCUT2D eigenvalue weighted by atomic mass is 16.5. The van der Waals surface area contributed by atoms with Gasteiger partial charge in [-0.25, -0.2) is 0 Å². The van der Waals surface area contributed by atoms with Gasteiger partial charge in [0.05, 0.1) is 16.7 Å². The Morgan fingerprint density at radius 1 is 0.520 bits per heavy atom. The number of benzene rings is 7. The van der Waals surface area contributed by atoms with Gasteiger partial charge in [0.25, 0.3) is 0 Å². The number of hydrogen-bond acceptors (Lipinski definition) is 2. The van der Waals surface area contributed by atoms with Gasteiger partial charge in [-0.15, -0.1) is 0 Å². The van der Waals surface area contributed by atoms with Crippen LogP contribution in [0.3, 0.4) is 0 Å². The van der Waals surface area contributed by atoms with E-state index >= 15 is 0 Å². The van der Waals surface area contributed by atoms with Crippen LogP contribution in [0.25, 0.3) is 76.5 Å². The molecule has 7 aromatic carbocycles.